The average molecular weight is 494 g/mol. The van der Waals surface area contributed by atoms with Crippen LogP contribution in [0.5, 0.6) is 0 Å². The number of ether oxygens (including phenoxy) is 2. The van der Waals surface area contributed by atoms with Crippen molar-refractivity contribution in [1.82, 2.24) is 9.96 Å². The molecule has 10 heteroatoms. The van der Waals surface area contributed by atoms with Crippen molar-refractivity contribution < 1.29 is 28.7 Å². The van der Waals surface area contributed by atoms with Gasteiger partial charge in [-0.1, -0.05) is 30.0 Å². The number of imide groups is 1. The zero-order valence-corrected chi connectivity index (χ0v) is 21.9. The van der Waals surface area contributed by atoms with Crippen LogP contribution in [0.3, 0.4) is 0 Å². The number of nitrogens with zero attached hydrogens (tertiary/aromatic N) is 3. The van der Waals surface area contributed by atoms with Crippen molar-refractivity contribution in [3.05, 3.63) is 41.9 Å². The molecule has 1 heterocycles. The van der Waals surface area contributed by atoms with Crippen LogP contribution in [0.4, 0.5) is 15.3 Å². The fourth-order valence-electron chi connectivity index (χ4n) is 2.91. The van der Waals surface area contributed by atoms with Crippen molar-refractivity contribution in [1.29, 1.82) is 0 Å². The lowest BCUT2D eigenvalue weighted by Gasteiger charge is -2.35. The second-order valence-corrected chi connectivity index (χ2v) is 10.6. The maximum absolute atomic E-state index is 13.1. The minimum atomic E-state index is -1.29. The van der Waals surface area contributed by atoms with Crippen molar-refractivity contribution in [2.45, 2.75) is 78.1 Å². The Kier molecular flexibility index (Phi) is 9.02. The van der Waals surface area contributed by atoms with Crippen LogP contribution in [0.15, 0.2) is 41.9 Å². The zero-order chi connectivity index (χ0) is 25.7. The second kappa shape index (κ2) is 11.1. The molecule has 0 saturated carbocycles. The fourth-order valence-corrected chi connectivity index (χ4v) is 3.90. The standard InChI is InChI=1S/C24H35N3O6S/c1-9-26(20-25(15-16-34-20)18-13-11-10-12-14-18)33-19(28)17(2)27(21(29)31-23(3,4)5)22(30)32-24(6,7)8/h10-17,20H,9H2,1-8H3. The Morgan fingerprint density at radius 3 is 2.00 bits per heavy atom. The van der Waals surface area contributed by atoms with Gasteiger partial charge in [0, 0.05) is 18.4 Å². The Morgan fingerprint density at radius 1 is 1.00 bits per heavy atom. The van der Waals surface area contributed by atoms with E-state index < -0.39 is 35.4 Å². The molecule has 2 rings (SSSR count). The van der Waals surface area contributed by atoms with Crippen molar-refractivity contribution in [2.24, 2.45) is 0 Å². The molecule has 2 atom stereocenters. The predicted octanol–water partition coefficient (Wildman–Crippen LogP) is 5.34. The highest BCUT2D eigenvalue weighted by atomic mass is 32.2. The van der Waals surface area contributed by atoms with Gasteiger partial charge in [-0.2, -0.15) is 4.90 Å². The summed E-state index contributed by atoms with van der Waals surface area (Å²) in [6.07, 6.45) is -0.0766. The molecule has 0 aliphatic carbocycles. The maximum Gasteiger partial charge on any atom is 0.420 e. The molecule has 2 unspecified atom stereocenters. The van der Waals surface area contributed by atoms with Crippen molar-refractivity contribution in [2.75, 3.05) is 11.4 Å². The van der Waals surface area contributed by atoms with Gasteiger partial charge < -0.3 is 19.2 Å². The highest BCUT2D eigenvalue weighted by molar-refractivity contribution is 8.03. The molecule has 0 bridgehead atoms. The number of carbonyl (C=O) groups is 3. The summed E-state index contributed by atoms with van der Waals surface area (Å²) in [5.41, 5.74) is -1.17. The van der Waals surface area contributed by atoms with Crippen LogP contribution in [0.2, 0.25) is 0 Å². The van der Waals surface area contributed by atoms with Crippen LogP contribution >= 0.6 is 11.8 Å². The van der Waals surface area contributed by atoms with Gasteiger partial charge in [0.2, 0.25) is 0 Å². The van der Waals surface area contributed by atoms with Crippen LogP contribution in [0, 0.1) is 0 Å². The summed E-state index contributed by atoms with van der Waals surface area (Å²) in [4.78, 5) is 47.1. The molecule has 1 aromatic carbocycles. The summed E-state index contributed by atoms with van der Waals surface area (Å²) in [7, 11) is 0. The van der Waals surface area contributed by atoms with Gasteiger partial charge in [-0.25, -0.2) is 14.4 Å². The van der Waals surface area contributed by atoms with Gasteiger partial charge in [-0.05, 0) is 72.9 Å². The number of carbonyl (C=O) groups excluding carboxylic acids is 3. The molecule has 9 nitrogen and oxygen atoms in total. The lowest BCUT2D eigenvalue weighted by atomic mass is 10.2. The van der Waals surface area contributed by atoms with Crippen LogP contribution < -0.4 is 4.90 Å². The minimum Gasteiger partial charge on any atom is -0.443 e. The molecule has 2 amide bonds. The average Bonchev–Trinajstić information content (AvgIpc) is 3.19. The summed E-state index contributed by atoms with van der Waals surface area (Å²) in [6.45, 7) is 13.6. The summed E-state index contributed by atoms with van der Waals surface area (Å²) in [6, 6.07) is 8.39. The molecule has 0 fully saturated rings. The molecule has 34 heavy (non-hydrogen) atoms. The summed E-state index contributed by atoms with van der Waals surface area (Å²) >= 11 is 1.47. The smallest absolute Gasteiger partial charge is 0.420 e. The Balaban J connectivity index is 2.21. The molecule has 0 N–H and O–H groups in total. The number of anilines is 1. The zero-order valence-electron chi connectivity index (χ0n) is 21.1. The third-order valence-corrected chi connectivity index (χ3v) is 5.37. The summed E-state index contributed by atoms with van der Waals surface area (Å²) in [5, 5.41) is 3.41. The first kappa shape index (κ1) is 27.5. The number of hydroxylamine groups is 2. The molecule has 0 spiro atoms. The molecule has 1 aliphatic rings. The van der Waals surface area contributed by atoms with Crippen LogP contribution in [-0.2, 0) is 19.1 Å². The Labute approximate surface area is 205 Å². The summed E-state index contributed by atoms with van der Waals surface area (Å²) in [5.74, 6) is -0.793. The lowest BCUT2D eigenvalue weighted by molar-refractivity contribution is -0.197. The van der Waals surface area contributed by atoms with Gasteiger partial charge in [0.25, 0.3) is 0 Å². The first-order chi connectivity index (χ1) is 15.7. The number of para-hydroxylation sites is 1. The van der Waals surface area contributed by atoms with Gasteiger partial charge >= 0.3 is 18.2 Å². The van der Waals surface area contributed by atoms with Crippen molar-refractivity contribution in [3.63, 3.8) is 0 Å². The quantitative estimate of drug-likeness (QED) is 0.487. The number of benzene rings is 1. The van der Waals surface area contributed by atoms with Gasteiger partial charge in [-0.3, -0.25) is 0 Å². The molecule has 0 saturated heterocycles. The van der Waals surface area contributed by atoms with Crippen molar-refractivity contribution in [3.8, 4) is 0 Å². The van der Waals surface area contributed by atoms with E-state index in [1.807, 2.05) is 53.8 Å². The largest absolute Gasteiger partial charge is 0.443 e. The number of amides is 2. The number of hydrogen-bond donors (Lipinski definition) is 0. The minimum absolute atomic E-state index is 0.347. The SMILES string of the molecule is CCN(OC(=O)C(C)N(C(=O)OC(C)(C)C)C(=O)OC(C)(C)C)C1SC=CN1c1ccccc1. The Morgan fingerprint density at radius 2 is 1.53 bits per heavy atom. The van der Waals surface area contributed by atoms with Gasteiger partial charge in [-0.15, -0.1) is 5.06 Å². The fraction of sp³-hybridized carbons (Fsp3) is 0.542. The Hall–Kier alpha value is -2.72. The highest BCUT2D eigenvalue weighted by Gasteiger charge is 2.40. The van der Waals surface area contributed by atoms with E-state index in [1.54, 1.807) is 41.5 Å². The van der Waals surface area contributed by atoms with Crippen LogP contribution in [0.1, 0.15) is 55.4 Å². The normalized spacial score (nSPS) is 16.9. The van der Waals surface area contributed by atoms with E-state index >= 15 is 0 Å². The third-order valence-electron chi connectivity index (χ3n) is 4.39. The predicted molar refractivity (Wildman–Crippen MR) is 132 cm³/mol. The van der Waals surface area contributed by atoms with E-state index in [2.05, 4.69) is 0 Å². The first-order valence-electron chi connectivity index (χ1n) is 11.1. The molecule has 0 aromatic heterocycles. The first-order valence-corrected chi connectivity index (χ1v) is 12.1. The molecule has 188 valence electrons. The highest BCUT2D eigenvalue weighted by Crippen LogP contribution is 2.33. The molecule has 1 aromatic rings. The van der Waals surface area contributed by atoms with Gasteiger partial charge in [0.1, 0.15) is 17.2 Å². The number of rotatable bonds is 6. The van der Waals surface area contributed by atoms with Gasteiger partial charge in [0.05, 0.1) is 0 Å². The third kappa shape index (κ3) is 7.66. The molecule has 0 radical (unpaired) electrons. The van der Waals surface area contributed by atoms with Crippen LogP contribution in [-0.4, -0.2) is 57.4 Å². The van der Waals surface area contributed by atoms with Gasteiger partial charge in [0.15, 0.2) is 5.50 Å². The van der Waals surface area contributed by atoms with E-state index in [9.17, 15) is 14.4 Å². The molecular weight excluding hydrogens is 458 g/mol. The monoisotopic (exact) mass is 493 g/mol. The Bertz CT molecular complexity index is 866. The van der Waals surface area contributed by atoms with E-state index in [0.29, 0.717) is 11.4 Å². The topological polar surface area (TPSA) is 88.6 Å². The summed E-state index contributed by atoms with van der Waals surface area (Å²) < 4.78 is 10.7. The maximum atomic E-state index is 13.1. The van der Waals surface area contributed by atoms with E-state index in [1.165, 1.54) is 23.7 Å². The number of thioether (sulfide) groups is 1. The molecule has 1 aliphatic heterocycles. The van der Waals surface area contributed by atoms with E-state index in [0.717, 1.165) is 5.69 Å². The molecular formula is C24H35N3O6S. The second-order valence-electron chi connectivity index (χ2n) is 9.64. The van der Waals surface area contributed by atoms with Crippen molar-refractivity contribution >= 4 is 35.6 Å². The van der Waals surface area contributed by atoms with E-state index in [4.69, 9.17) is 14.3 Å². The lowest BCUT2D eigenvalue weighted by Crippen LogP contribution is -2.53. The number of hydrogen-bond acceptors (Lipinski definition) is 9. The van der Waals surface area contributed by atoms with Crippen LogP contribution in [0.25, 0.3) is 0 Å². The van der Waals surface area contributed by atoms with E-state index in [-0.39, 0.29) is 5.50 Å².